The minimum Gasteiger partial charge on any atom is -0.469 e. The fraction of sp³-hybridized carbons (Fsp3) is 0.583. The minimum atomic E-state index is -0.548. The highest BCUT2D eigenvalue weighted by Crippen LogP contribution is 2.31. The van der Waals surface area contributed by atoms with Gasteiger partial charge in [0.2, 0.25) is 0 Å². The maximum Gasteiger partial charge on any atom is 0.257 e. The van der Waals surface area contributed by atoms with Crippen LogP contribution in [0.25, 0.3) is 0 Å². The van der Waals surface area contributed by atoms with Crippen molar-refractivity contribution in [1.29, 1.82) is 0 Å². The summed E-state index contributed by atoms with van der Waals surface area (Å²) in [6, 6.07) is 1.71. The first-order valence-corrected chi connectivity index (χ1v) is 5.81. The highest BCUT2D eigenvalue weighted by atomic mass is 16.7. The lowest BCUT2D eigenvalue weighted by Gasteiger charge is -2.22. The molecule has 5 nitrogen and oxygen atoms in total. The third kappa shape index (κ3) is 1.75. The molecule has 3 heterocycles. The topological polar surface area (TPSA) is 51.9 Å². The summed E-state index contributed by atoms with van der Waals surface area (Å²) in [5.41, 5.74) is 0.625. The second-order valence-electron chi connectivity index (χ2n) is 4.47. The summed E-state index contributed by atoms with van der Waals surface area (Å²) in [4.78, 5) is 14.0. The molecule has 0 N–H and O–H groups in total. The number of rotatable bonds is 1. The van der Waals surface area contributed by atoms with Crippen LogP contribution in [-0.4, -0.2) is 42.9 Å². The number of amides is 1. The van der Waals surface area contributed by atoms with Gasteiger partial charge in [-0.1, -0.05) is 0 Å². The molecule has 2 fully saturated rings. The van der Waals surface area contributed by atoms with Crippen molar-refractivity contribution in [3.05, 3.63) is 23.7 Å². The minimum absolute atomic E-state index is 0.00720. The van der Waals surface area contributed by atoms with Crippen molar-refractivity contribution in [2.24, 2.45) is 0 Å². The molecule has 1 aromatic heterocycles. The van der Waals surface area contributed by atoms with E-state index in [9.17, 15) is 4.79 Å². The fourth-order valence-electron chi connectivity index (χ4n) is 2.44. The van der Waals surface area contributed by atoms with E-state index < -0.39 is 5.79 Å². The summed E-state index contributed by atoms with van der Waals surface area (Å²) in [6.45, 7) is 4.21. The number of hydrogen-bond donors (Lipinski definition) is 0. The zero-order chi connectivity index (χ0) is 11.9. The number of nitrogens with zero attached hydrogens (tertiary/aromatic N) is 1. The van der Waals surface area contributed by atoms with Gasteiger partial charge < -0.3 is 18.8 Å². The van der Waals surface area contributed by atoms with E-state index in [1.165, 1.54) is 6.26 Å². The molecule has 1 amide bonds. The number of furan rings is 1. The Balaban J connectivity index is 1.75. The first-order chi connectivity index (χ1) is 8.20. The monoisotopic (exact) mass is 237 g/mol. The molecular weight excluding hydrogens is 222 g/mol. The van der Waals surface area contributed by atoms with Gasteiger partial charge in [-0.15, -0.1) is 0 Å². The van der Waals surface area contributed by atoms with Crippen LogP contribution in [0.4, 0.5) is 0 Å². The number of hydrogen-bond acceptors (Lipinski definition) is 4. The second-order valence-corrected chi connectivity index (χ2v) is 4.47. The molecule has 1 aromatic rings. The van der Waals surface area contributed by atoms with Crippen LogP contribution >= 0.6 is 0 Å². The van der Waals surface area contributed by atoms with Gasteiger partial charge >= 0.3 is 0 Å². The molecule has 0 aromatic carbocycles. The number of likely N-dealkylation sites (tertiary alicyclic amines) is 1. The molecule has 0 saturated carbocycles. The molecule has 3 rings (SSSR count). The standard InChI is InChI=1S/C12H15NO4/c1-9-10(2-5-15-9)11(14)13-4-3-12(8-13)16-6-7-17-12/h2,5H,3-4,6-8H2,1H3. The van der Waals surface area contributed by atoms with Gasteiger partial charge in [0.25, 0.3) is 5.91 Å². The third-order valence-corrected chi connectivity index (χ3v) is 3.38. The predicted molar refractivity (Wildman–Crippen MR) is 58.6 cm³/mol. The molecule has 0 aliphatic carbocycles. The second kappa shape index (κ2) is 3.85. The molecule has 5 heteroatoms. The quantitative estimate of drug-likeness (QED) is 0.736. The molecule has 2 saturated heterocycles. The number of ether oxygens (including phenoxy) is 2. The Labute approximate surface area is 99.3 Å². The summed E-state index contributed by atoms with van der Waals surface area (Å²) in [5, 5.41) is 0. The summed E-state index contributed by atoms with van der Waals surface area (Å²) in [6.07, 6.45) is 2.28. The molecule has 0 unspecified atom stereocenters. The number of carbonyl (C=O) groups is 1. The van der Waals surface area contributed by atoms with Gasteiger partial charge in [0, 0.05) is 13.0 Å². The van der Waals surface area contributed by atoms with E-state index in [1.807, 2.05) is 0 Å². The van der Waals surface area contributed by atoms with Crippen LogP contribution in [0.3, 0.4) is 0 Å². The maximum atomic E-state index is 12.2. The highest BCUT2D eigenvalue weighted by molar-refractivity contribution is 5.95. The molecule has 2 aliphatic heterocycles. The highest BCUT2D eigenvalue weighted by Gasteiger charge is 2.45. The zero-order valence-corrected chi connectivity index (χ0v) is 9.77. The fourth-order valence-corrected chi connectivity index (χ4v) is 2.44. The molecule has 92 valence electrons. The van der Waals surface area contributed by atoms with Crippen LogP contribution in [0.2, 0.25) is 0 Å². The van der Waals surface area contributed by atoms with E-state index in [2.05, 4.69) is 0 Å². The van der Waals surface area contributed by atoms with Crippen LogP contribution < -0.4 is 0 Å². The van der Waals surface area contributed by atoms with Crippen molar-refractivity contribution >= 4 is 5.91 Å². The summed E-state index contributed by atoms with van der Waals surface area (Å²) < 4.78 is 16.3. The van der Waals surface area contributed by atoms with Crippen molar-refractivity contribution in [3.63, 3.8) is 0 Å². The van der Waals surface area contributed by atoms with Crippen LogP contribution in [0.1, 0.15) is 22.5 Å². The summed E-state index contributed by atoms with van der Waals surface area (Å²) in [7, 11) is 0. The Hall–Kier alpha value is -1.33. The van der Waals surface area contributed by atoms with E-state index in [0.717, 1.165) is 6.42 Å². The van der Waals surface area contributed by atoms with Gasteiger partial charge in [0.1, 0.15) is 5.76 Å². The largest absolute Gasteiger partial charge is 0.469 e. The van der Waals surface area contributed by atoms with Gasteiger partial charge in [0.05, 0.1) is 31.6 Å². The molecule has 0 radical (unpaired) electrons. The lowest BCUT2D eigenvalue weighted by Crippen LogP contribution is -2.37. The third-order valence-electron chi connectivity index (χ3n) is 3.38. The molecule has 0 atom stereocenters. The van der Waals surface area contributed by atoms with Crippen molar-refractivity contribution < 1.29 is 18.7 Å². The van der Waals surface area contributed by atoms with E-state index in [-0.39, 0.29) is 5.91 Å². The Morgan fingerprint density at radius 3 is 2.82 bits per heavy atom. The van der Waals surface area contributed by atoms with Crippen molar-refractivity contribution in [2.75, 3.05) is 26.3 Å². The van der Waals surface area contributed by atoms with Crippen molar-refractivity contribution in [1.82, 2.24) is 4.90 Å². The van der Waals surface area contributed by atoms with Crippen molar-refractivity contribution in [2.45, 2.75) is 19.1 Å². The first-order valence-electron chi connectivity index (χ1n) is 5.81. The molecule has 2 aliphatic rings. The Morgan fingerprint density at radius 1 is 1.41 bits per heavy atom. The van der Waals surface area contributed by atoms with Crippen LogP contribution in [-0.2, 0) is 9.47 Å². The maximum absolute atomic E-state index is 12.2. The van der Waals surface area contributed by atoms with E-state index in [1.54, 1.807) is 17.9 Å². The Kier molecular flexibility index (Phi) is 2.45. The van der Waals surface area contributed by atoms with Crippen LogP contribution in [0.5, 0.6) is 0 Å². The molecular formula is C12H15NO4. The number of aryl methyl sites for hydroxylation is 1. The van der Waals surface area contributed by atoms with Gasteiger partial charge in [0.15, 0.2) is 5.79 Å². The average molecular weight is 237 g/mol. The Morgan fingerprint density at radius 2 is 2.18 bits per heavy atom. The normalized spacial score (nSPS) is 22.5. The first kappa shape index (κ1) is 10.8. The number of carbonyl (C=O) groups excluding carboxylic acids is 1. The average Bonchev–Trinajstić information content (AvgIpc) is 3.02. The van der Waals surface area contributed by atoms with E-state index >= 15 is 0 Å². The van der Waals surface area contributed by atoms with Crippen molar-refractivity contribution in [3.8, 4) is 0 Å². The van der Waals surface area contributed by atoms with Gasteiger partial charge in [-0.25, -0.2) is 0 Å². The summed E-state index contributed by atoms with van der Waals surface area (Å²) in [5.74, 6) is 0.101. The zero-order valence-electron chi connectivity index (χ0n) is 9.77. The van der Waals surface area contributed by atoms with E-state index in [0.29, 0.717) is 37.6 Å². The lowest BCUT2D eigenvalue weighted by molar-refractivity contribution is -0.143. The molecule has 17 heavy (non-hydrogen) atoms. The van der Waals surface area contributed by atoms with Gasteiger partial charge in [-0.3, -0.25) is 4.79 Å². The molecule has 1 spiro atoms. The van der Waals surface area contributed by atoms with E-state index in [4.69, 9.17) is 13.9 Å². The SMILES string of the molecule is Cc1occc1C(=O)N1CCC2(C1)OCCO2. The smallest absolute Gasteiger partial charge is 0.257 e. The van der Waals surface area contributed by atoms with Gasteiger partial charge in [-0.2, -0.15) is 0 Å². The molecule has 0 bridgehead atoms. The Bertz CT molecular complexity index is 433. The van der Waals surface area contributed by atoms with Crippen LogP contribution in [0, 0.1) is 6.92 Å². The summed E-state index contributed by atoms with van der Waals surface area (Å²) >= 11 is 0. The lowest BCUT2D eigenvalue weighted by atomic mass is 10.2. The van der Waals surface area contributed by atoms with Crippen LogP contribution in [0.15, 0.2) is 16.7 Å². The predicted octanol–water partition coefficient (Wildman–Crippen LogP) is 1.18. The van der Waals surface area contributed by atoms with Gasteiger partial charge in [-0.05, 0) is 13.0 Å².